The highest BCUT2D eigenvalue weighted by atomic mass is 32.2. The minimum Gasteiger partial charge on any atom is -0.260 e. The van der Waals surface area contributed by atoms with Gasteiger partial charge in [-0.2, -0.15) is 21.6 Å². The molecule has 1 fully saturated rings. The highest BCUT2D eigenvalue weighted by molar-refractivity contribution is 7.87. The summed E-state index contributed by atoms with van der Waals surface area (Å²) in [4.78, 5) is 0. The zero-order valence-corrected chi connectivity index (χ0v) is 10.5. The predicted octanol–water partition coefficient (Wildman–Crippen LogP) is 3.21. The standard InChI is InChI=1S/C10H17F3O3S/c1-2-8-4-3-5-9(7-6-8)16-17(14,15)10(11,12)13/h8-9H,2-7H2,1H3. The minimum atomic E-state index is -5.44. The molecule has 1 saturated carbocycles. The van der Waals surface area contributed by atoms with E-state index < -0.39 is 21.7 Å². The summed E-state index contributed by atoms with van der Waals surface area (Å²) in [6.07, 6.45) is 3.30. The van der Waals surface area contributed by atoms with Gasteiger partial charge in [0.1, 0.15) is 0 Å². The Bertz CT molecular complexity index is 337. The average molecular weight is 274 g/mol. The lowest BCUT2D eigenvalue weighted by atomic mass is 9.98. The van der Waals surface area contributed by atoms with Crippen molar-refractivity contribution in [3.05, 3.63) is 0 Å². The van der Waals surface area contributed by atoms with E-state index in [1.54, 1.807) is 0 Å². The summed E-state index contributed by atoms with van der Waals surface area (Å²) in [5, 5.41) is 0. The molecule has 0 amide bonds. The predicted molar refractivity (Wildman–Crippen MR) is 56.7 cm³/mol. The lowest BCUT2D eigenvalue weighted by Gasteiger charge is -2.16. The molecule has 0 aromatic carbocycles. The Balaban J connectivity index is 2.58. The second kappa shape index (κ2) is 5.56. The Morgan fingerprint density at radius 3 is 2.35 bits per heavy atom. The summed E-state index contributed by atoms with van der Waals surface area (Å²) < 4.78 is 62.3. The van der Waals surface area contributed by atoms with Gasteiger partial charge in [0.25, 0.3) is 0 Å². The molecule has 0 spiro atoms. The van der Waals surface area contributed by atoms with Crippen LogP contribution >= 0.6 is 0 Å². The number of hydrogen-bond acceptors (Lipinski definition) is 3. The van der Waals surface area contributed by atoms with E-state index in [1.165, 1.54) is 0 Å². The van der Waals surface area contributed by atoms with E-state index in [2.05, 4.69) is 4.18 Å². The van der Waals surface area contributed by atoms with Crippen molar-refractivity contribution in [2.75, 3.05) is 0 Å². The largest absolute Gasteiger partial charge is 0.523 e. The molecule has 102 valence electrons. The normalized spacial score (nSPS) is 27.8. The SMILES string of the molecule is CCC1CCCC(OS(=O)(=O)C(F)(F)F)CC1. The molecule has 2 atom stereocenters. The van der Waals surface area contributed by atoms with Gasteiger partial charge in [-0.15, -0.1) is 0 Å². The molecule has 2 unspecified atom stereocenters. The van der Waals surface area contributed by atoms with Crippen molar-refractivity contribution in [1.82, 2.24) is 0 Å². The highest BCUT2D eigenvalue weighted by Gasteiger charge is 2.48. The number of halogens is 3. The van der Waals surface area contributed by atoms with Crippen LogP contribution in [-0.2, 0) is 14.3 Å². The molecule has 7 heteroatoms. The first-order valence-corrected chi connectivity index (χ1v) is 7.16. The van der Waals surface area contributed by atoms with E-state index in [-0.39, 0.29) is 0 Å². The minimum absolute atomic E-state index is 0.381. The third kappa shape index (κ3) is 4.13. The molecule has 1 aliphatic carbocycles. The van der Waals surface area contributed by atoms with E-state index in [9.17, 15) is 21.6 Å². The topological polar surface area (TPSA) is 43.4 Å². The van der Waals surface area contributed by atoms with Gasteiger partial charge in [0, 0.05) is 0 Å². The van der Waals surface area contributed by atoms with Gasteiger partial charge in [-0.05, 0) is 25.2 Å². The van der Waals surface area contributed by atoms with E-state index in [0.29, 0.717) is 18.8 Å². The first-order chi connectivity index (χ1) is 7.76. The number of alkyl halides is 3. The van der Waals surface area contributed by atoms with Crippen LogP contribution in [0.2, 0.25) is 0 Å². The van der Waals surface area contributed by atoms with Crippen LogP contribution in [0.25, 0.3) is 0 Å². The van der Waals surface area contributed by atoms with Crippen LogP contribution in [0.5, 0.6) is 0 Å². The van der Waals surface area contributed by atoms with Crippen LogP contribution in [0.3, 0.4) is 0 Å². The van der Waals surface area contributed by atoms with Crippen molar-refractivity contribution in [2.24, 2.45) is 5.92 Å². The van der Waals surface area contributed by atoms with Crippen molar-refractivity contribution in [3.63, 3.8) is 0 Å². The van der Waals surface area contributed by atoms with E-state index in [1.807, 2.05) is 6.92 Å². The van der Waals surface area contributed by atoms with Crippen molar-refractivity contribution in [1.29, 1.82) is 0 Å². The molecule has 1 rings (SSSR count). The number of rotatable bonds is 3. The average Bonchev–Trinajstić information content (AvgIpc) is 2.40. The van der Waals surface area contributed by atoms with Gasteiger partial charge in [-0.25, -0.2) is 0 Å². The van der Waals surface area contributed by atoms with Crippen LogP contribution in [0.15, 0.2) is 0 Å². The maximum atomic E-state index is 12.1. The summed E-state index contributed by atoms with van der Waals surface area (Å²) >= 11 is 0. The zero-order chi connectivity index (χ0) is 13.1. The molecule has 0 aromatic heterocycles. The fraction of sp³-hybridized carbons (Fsp3) is 1.00. The Kier molecular flexibility index (Phi) is 4.83. The molecular formula is C10H17F3O3S. The highest BCUT2D eigenvalue weighted by Crippen LogP contribution is 2.31. The third-order valence-corrected chi connectivity index (χ3v) is 4.25. The van der Waals surface area contributed by atoms with E-state index in [4.69, 9.17) is 0 Å². The van der Waals surface area contributed by atoms with Crippen LogP contribution in [0.4, 0.5) is 13.2 Å². The Hall–Kier alpha value is -0.300. The van der Waals surface area contributed by atoms with Crippen molar-refractivity contribution < 1.29 is 25.8 Å². The van der Waals surface area contributed by atoms with Crippen molar-refractivity contribution >= 4 is 10.1 Å². The van der Waals surface area contributed by atoms with Crippen molar-refractivity contribution in [3.8, 4) is 0 Å². The molecule has 0 saturated heterocycles. The molecule has 0 bridgehead atoms. The molecule has 0 aromatic rings. The van der Waals surface area contributed by atoms with E-state index in [0.717, 1.165) is 25.7 Å². The molecule has 0 radical (unpaired) electrons. The first kappa shape index (κ1) is 14.8. The summed E-state index contributed by atoms with van der Waals surface area (Å²) in [6.45, 7) is 2.03. The van der Waals surface area contributed by atoms with Crippen LogP contribution in [0.1, 0.15) is 45.4 Å². The third-order valence-electron chi connectivity index (χ3n) is 3.16. The zero-order valence-electron chi connectivity index (χ0n) is 9.66. The summed E-state index contributed by atoms with van der Waals surface area (Å²) in [5.74, 6) is 0.470. The molecule has 1 aliphatic rings. The molecule has 0 N–H and O–H groups in total. The lowest BCUT2D eigenvalue weighted by molar-refractivity contribution is -0.0578. The van der Waals surface area contributed by atoms with E-state index >= 15 is 0 Å². The van der Waals surface area contributed by atoms with Gasteiger partial charge in [0.15, 0.2) is 0 Å². The molecule has 17 heavy (non-hydrogen) atoms. The smallest absolute Gasteiger partial charge is 0.260 e. The fourth-order valence-corrected chi connectivity index (χ4v) is 2.74. The lowest BCUT2D eigenvalue weighted by Crippen LogP contribution is -2.30. The first-order valence-electron chi connectivity index (χ1n) is 5.76. The van der Waals surface area contributed by atoms with Crippen LogP contribution in [0, 0.1) is 5.92 Å². The number of hydrogen-bond donors (Lipinski definition) is 0. The quantitative estimate of drug-likeness (QED) is 0.451. The monoisotopic (exact) mass is 274 g/mol. The maximum absolute atomic E-state index is 12.1. The van der Waals surface area contributed by atoms with Crippen LogP contribution < -0.4 is 0 Å². The molecule has 3 nitrogen and oxygen atoms in total. The van der Waals surface area contributed by atoms with Gasteiger partial charge in [-0.1, -0.05) is 26.2 Å². The van der Waals surface area contributed by atoms with Crippen molar-refractivity contribution in [2.45, 2.75) is 57.1 Å². The summed E-state index contributed by atoms with van der Waals surface area (Å²) in [5.41, 5.74) is -5.32. The second-order valence-corrected chi connectivity index (χ2v) is 5.96. The summed E-state index contributed by atoms with van der Waals surface area (Å²) in [7, 11) is -5.44. The Morgan fingerprint density at radius 2 is 1.82 bits per heavy atom. The molecular weight excluding hydrogens is 257 g/mol. The maximum Gasteiger partial charge on any atom is 0.523 e. The van der Waals surface area contributed by atoms with Gasteiger partial charge >= 0.3 is 15.6 Å². The van der Waals surface area contributed by atoms with Gasteiger partial charge < -0.3 is 0 Å². The fourth-order valence-electron chi connectivity index (χ4n) is 2.08. The van der Waals surface area contributed by atoms with Crippen LogP contribution in [-0.4, -0.2) is 20.0 Å². The summed E-state index contributed by atoms with van der Waals surface area (Å²) in [6, 6.07) is 0. The Morgan fingerprint density at radius 1 is 1.18 bits per heavy atom. The Labute approximate surface area is 99.5 Å². The van der Waals surface area contributed by atoms with Gasteiger partial charge in [0.05, 0.1) is 6.10 Å². The van der Waals surface area contributed by atoms with Gasteiger partial charge in [0.2, 0.25) is 0 Å². The molecule has 0 heterocycles. The molecule has 0 aliphatic heterocycles. The second-order valence-electron chi connectivity index (χ2n) is 4.40. The van der Waals surface area contributed by atoms with Gasteiger partial charge in [-0.3, -0.25) is 4.18 Å².